The summed E-state index contributed by atoms with van der Waals surface area (Å²) in [5, 5.41) is 0. The molecule has 22 heavy (non-hydrogen) atoms. The number of carbonyl (C=O) groups excluding carboxylic acids is 1. The van der Waals surface area contributed by atoms with Crippen molar-refractivity contribution in [3.8, 4) is 11.5 Å². The van der Waals surface area contributed by atoms with Gasteiger partial charge in [-0.3, -0.25) is 4.90 Å². The van der Waals surface area contributed by atoms with Gasteiger partial charge in [-0.1, -0.05) is 18.2 Å². The van der Waals surface area contributed by atoms with Crippen LogP contribution in [-0.4, -0.2) is 31.3 Å². The maximum atomic E-state index is 11.7. The first-order valence-electron chi connectivity index (χ1n) is 6.93. The Hall–Kier alpha value is -2.76. The number of ether oxygens (including phenoxy) is 3. The molecule has 6 heteroatoms. The number of amides is 1. The number of para-hydroxylation sites is 1. The summed E-state index contributed by atoms with van der Waals surface area (Å²) in [4.78, 5) is 17.5. The van der Waals surface area contributed by atoms with E-state index < -0.39 is 6.09 Å². The van der Waals surface area contributed by atoms with Gasteiger partial charge in [-0.2, -0.15) is 0 Å². The SMILES string of the molecule is COC(=O)N1CCOc2cc(COc3ccccc3)cnc21. The molecule has 0 aliphatic carbocycles. The van der Waals surface area contributed by atoms with Gasteiger partial charge in [0.2, 0.25) is 0 Å². The zero-order valence-corrected chi connectivity index (χ0v) is 12.2. The third kappa shape index (κ3) is 2.95. The molecule has 0 bridgehead atoms. The lowest BCUT2D eigenvalue weighted by atomic mass is 10.2. The summed E-state index contributed by atoms with van der Waals surface area (Å²) in [5.74, 6) is 1.82. The monoisotopic (exact) mass is 300 g/mol. The van der Waals surface area contributed by atoms with E-state index in [-0.39, 0.29) is 0 Å². The largest absolute Gasteiger partial charge is 0.489 e. The number of hydrogen-bond donors (Lipinski definition) is 0. The third-order valence-electron chi connectivity index (χ3n) is 3.26. The van der Waals surface area contributed by atoms with Crippen molar-refractivity contribution < 1.29 is 19.0 Å². The normalized spacial score (nSPS) is 13.0. The van der Waals surface area contributed by atoms with E-state index in [1.807, 2.05) is 36.4 Å². The van der Waals surface area contributed by atoms with Gasteiger partial charge in [0.25, 0.3) is 0 Å². The molecule has 0 spiro atoms. The number of rotatable bonds is 3. The summed E-state index contributed by atoms with van der Waals surface area (Å²) in [5.41, 5.74) is 0.870. The zero-order valence-electron chi connectivity index (χ0n) is 12.2. The number of nitrogens with zero attached hydrogens (tertiary/aromatic N) is 2. The molecule has 0 saturated carbocycles. The molecular formula is C16H16N2O4. The fourth-order valence-corrected chi connectivity index (χ4v) is 2.19. The average molecular weight is 300 g/mol. The average Bonchev–Trinajstić information content (AvgIpc) is 2.59. The number of fused-ring (bicyclic) bond motifs is 1. The molecule has 0 N–H and O–H groups in total. The van der Waals surface area contributed by atoms with Crippen LogP contribution in [0, 0.1) is 0 Å². The molecule has 2 heterocycles. The first kappa shape index (κ1) is 14.2. The maximum Gasteiger partial charge on any atom is 0.415 e. The minimum absolute atomic E-state index is 0.381. The molecule has 0 radical (unpaired) electrons. The quantitative estimate of drug-likeness (QED) is 0.872. The summed E-state index contributed by atoms with van der Waals surface area (Å²) in [6, 6.07) is 11.4. The molecule has 1 aliphatic heterocycles. The molecule has 1 aliphatic rings. The van der Waals surface area contributed by atoms with E-state index >= 15 is 0 Å². The molecule has 3 rings (SSSR count). The molecule has 0 unspecified atom stereocenters. The van der Waals surface area contributed by atoms with E-state index in [1.165, 1.54) is 12.0 Å². The van der Waals surface area contributed by atoms with E-state index in [0.29, 0.717) is 31.3 Å². The second-order valence-corrected chi connectivity index (χ2v) is 4.74. The zero-order chi connectivity index (χ0) is 15.4. The summed E-state index contributed by atoms with van der Waals surface area (Å²) >= 11 is 0. The molecule has 0 atom stereocenters. The van der Waals surface area contributed by atoms with Crippen molar-refractivity contribution in [2.45, 2.75) is 6.61 Å². The van der Waals surface area contributed by atoms with Gasteiger partial charge >= 0.3 is 6.09 Å². The van der Waals surface area contributed by atoms with Crippen molar-refractivity contribution in [1.29, 1.82) is 0 Å². The molecule has 2 aromatic rings. The van der Waals surface area contributed by atoms with Crippen LogP contribution >= 0.6 is 0 Å². The van der Waals surface area contributed by atoms with Gasteiger partial charge in [0.1, 0.15) is 19.0 Å². The maximum absolute atomic E-state index is 11.7. The second kappa shape index (κ2) is 6.34. The number of benzene rings is 1. The second-order valence-electron chi connectivity index (χ2n) is 4.74. The number of hydrogen-bond acceptors (Lipinski definition) is 5. The number of aromatic nitrogens is 1. The van der Waals surface area contributed by atoms with Crippen LogP contribution in [-0.2, 0) is 11.3 Å². The Labute approximate surface area is 128 Å². The van der Waals surface area contributed by atoms with Gasteiger partial charge in [-0.25, -0.2) is 9.78 Å². The summed E-state index contributed by atoms with van der Waals surface area (Å²) in [7, 11) is 1.35. The Kier molecular flexibility index (Phi) is 4.09. The van der Waals surface area contributed by atoms with Crippen LogP contribution in [0.15, 0.2) is 42.6 Å². The molecule has 114 valence electrons. The van der Waals surface area contributed by atoms with E-state index in [0.717, 1.165) is 11.3 Å². The minimum Gasteiger partial charge on any atom is -0.489 e. The topological polar surface area (TPSA) is 60.9 Å². The van der Waals surface area contributed by atoms with Crippen LogP contribution in [0.2, 0.25) is 0 Å². The third-order valence-corrected chi connectivity index (χ3v) is 3.26. The Morgan fingerprint density at radius 2 is 2.18 bits per heavy atom. The lowest BCUT2D eigenvalue weighted by Crippen LogP contribution is -2.38. The summed E-state index contributed by atoms with van der Waals surface area (Å²) in [6.45, 7) is 1.21. The molecule has 1 aromatic heterocycles. The van der Waals surface area contributed by atoms with Crippen molar-refractivity contribution in [3.63, 3.8) is 0 Å². The van der Waals surface area contributed by atoms with Crippen molar-refractivity contribution in [1.82, 2.24) is 4.98 Å². The standard InChI is InChI=1S/C16H16N2O4/c1-20-16(19)18-7-8-21-14-9-12(10-17-15(14)18)11-22-13-5-3-2-4-6-13/h2-6,9-10H,7-8,11H2,1H3. The molecule has 6 nitrogen and oxygen atoms in total. The van der Waals surface area contributed by atoms with Gasteiger partial charge < -0.3 is 14.2 Å². The highest BCUT2D eigenvalue weighted by atomic mass is 16.5. The van der Waals surface area contributed by atoms with Crippen molar-refractivity contribution in [2.75, 3.05) is 25.2 Å². The molecule has 1 amide bonds. The lowest BCUT2D eigenvalue weighted by Gasteiger charge is -2.27. The van der Waals surface area contributed by atoms with Crippen LogP contribution in [0.1, 0.15) is 5.56 Å². The van der Waals surface area contributed by atoms with Gasteiger partial charge in [0, 0.05) is 11.8 Å². The Morgan fingerprint density at radius 3 is 2.95 bits per heavy atom. The van der Waals surface area contributed by atoms with Gasteiger partial charge in [-0.15, -0.1) is 0 Å². The molecule has 0 saturated heterocycles. The van der Waals surface area contributed by atoms with E-state index in [4.69, 9.17) is 14.2 Å². The smallest absolute Gasteiger partial charge is 0.415 e. The fraction of sp³-hybridized carbons (Fsp3) is 0.250. The summed E-state index contributed by atoms with van der Waals surface area (Å²) < 4.78 is 16.0. The minimum atomic E-state index is -0.440. The van der Waals surface area contributed by atoms with Crippen molar-refractivity contribution in [3.05, 3.63) is 48.2 Å². The lowest BCUT2D eigenvalue weighted by molar-refractivity contribution is 0.174. The number of methoxy groups -OCH3 is 1. The van der Waals surface area contributed by atoms with Gasteiger partial charge in [-0.05, 0) is 18.2 Å². The number of carbonyl (C=O) groups is 1. The van der Waals surface area contributed by atoms with E-state index in [9.17, 15) is 4.79 Å². The predicted octanol–water partition coefficient (Wildman–Crippen LogP) is 2.63. The van der Waals surface area contributed by atoms with Crippen LogP contribution in [0.4, 0.5) is 10.6 Å². The number of anilines is 1. The predicted molar refractivity (Wildman–Crippen MR) is 80.3 cm³/mol. The van der Waals surface area contributed by atoms with Gasteiger partial charge in [0.05, 0.1) is 13.7 Å². The van der Waals surface area contributed by atoms with Crippen molar-refractivity contribution >= 4 is 11.9 Å². The Bertz CT molecular complexity index is 660. The first-order valence-corrected chi connectivity index (χ1v) is 6.93. The molecule has 1 aromatic carbocycles. The molecule has 0 fully saturated rings. The number of pyridine rings is 1. The Morgan fingerprint density at radius 1 is 1.36 bits per heavy atom. The van der Waals surface area contributed by atoms with Crippen LogP contribution in [0.5, 0.6) is 11.5 Å². The van der Waals surface area contributed by atoms with E-state index in [1.54, 1.807) is 6.20 Å². The first-order chi connectivity index (χ1) is 10.8. The van der Waals surface area contributed by atoms with Gasteiger partial charge in [0.15, 0.2) is 11.6 Å². The van der Waals surface area contributed by atoms with Crippen molar-refractivity contribution in [2.24, 2.45) is 0 Å². The van der Waals surface area contributed by atoms with Crippen LogP contribution in [0.3, 0.4) is 0 Å². The highest BCUT2D eigenvalue weighted by Gasteiger charge is 2.26. The highest BCUT2D eigenvalue weighted by Crippen LogP contribution is 2.30. The van der Waals surface area contributed by atoms with Crippen LogP contribution in [0.25, 0.3) is 0 Å². The molecular weight excluding hydrogens is 284 g/mol. The fourth-order valence-electron chi connectivity index (χ4n) is 2.19. The van der Waals surface area contributed by atoms with Crippen LogP contribution < -0.4 is 14.4 Å². The summed E-state index contributed by atoms with van der Waals surface area (Å²) in [6.07, 6.45) is 1.23. The highest BCUT2D eigenvalue weighted by molar-refractivity contribution is 5.88. The Balaban J connectivity index is 1.75. The van der Waals surface area contributed by atoms with E-state index in [2.05, 4.69) is 4.98 Å².